The summed E-state index contributed by atoms with van der Waals surface area (Å²) in [6.45, 7) is 11.5. The van der Waals surface area contributed by atoms with E-state index >= 15 is 0 Å². The molecule has 2 aromatic heterocycles. The van der Waals surface area contributed by atoms with Gasteiger partial charge in [-0.25, -0.2) is 9.97 Å². The van der Waals surface area contributed by atoms with E-state index in [2.05, 4.69) is 58.2 Å². The third-order valence-corrected chi connectivity index (χ3v) is 10.5. The van der Waals surface area contributed by atoms with Crippen LogP contribution in [-0.4, -0.2) is 47.6 Å². The van der Waals surface area contributed by atoms with Gasteiger partial charge in [0, 0.05) is 24.2 Å². The van der Waals surface area contributed by atoms with Crippen molar-refractivity contribution in [3.63, 3.8) is 0 Å². The van der Waals surface area contributed by atoms with Crippen molar-refractivity contribution >= 4 is 5.97 Å². The lowest BCUT2D eigenvalue weighted by Gasteiger charge is -2.16. The van der Waals surface area contributed by atoms with E-state index < -0.39 is 0 Å². The van der Waals surface area contributed by atoms with Crippen LogP contribution in [0.2, 0.25) is 0 Å². The van der Waals surface area contributed by atoms with Crippen molar-refractivity contribution in [3.05, 3.63) is 155 Å². The summed E-state index contributed by atoms with van der Waals surface area (Å²) in [6.07, 6.45) is 8.16. The number of hydrogen-bond donors (Lipinski definition) is 0. The Hall–Kier alpha value is -5.93. The molecule has 1 fully saturated rings. The highest BCUT2D eigenvalue weighted by atomic mass is 16.5. The molecule has 0 bridgehead atoms. The molecule has 0 N–H and O–H groups in total. The lowest BCUT2D eigenvalue weighted by Crippen LogP contribution is -2.25. The number of ether oxygens (including phenoxy) is 3. The van der Waals surface area contributed by atoms with E-state index in [1.165, 1.54) is 18.2 Å². The Kier molecular flexibility index (Phi) is 15.1. The van der Waals surface area contributed by atoms with Gasteiger partial charge in [-0.2, -0.15) is 0 Å². The Bertz CT molecular complexity index is 2210. The second kappa shape index (κ2) is 21.0. The van der Waals surface area contributed by atoms with Gasteiger partial charge in [-0.1, -0.05) is 79.7 Å². The molecule has 4 aromatic carbocycles. The van der Waals surface area contributed by atoms with E-state index in [0.717, 1.165) is 90.9 Å². The molecule has 0 spiro atoms. The van der Waals surface area contributed by atoms with Crippen molar-refractivity contribution in [2.45, 2.75) is 66.6 Å². The zero-order valence-corrected chi connectivity index (χ0v) is 34.4. The number of carbonyl (C=O) groups is 1. The maximum Gasteiger partial charge on any atom is 0.310 e. The fraction of sp³-hybridized carbons (Fsp3) is 0.327. The molecule has 0 aliphatic carbocycles. The van der Waals surface area contributed by atoms with Crippen LogP contribution in [0.15, 0.2) is 130 Å². The fourth-order valence-corrected chi connectivity index (χ4v) is 7.12. The number of aryl methyl sites for hydroxylation is 4. The Labute approximate surface area is 342 Å². The number of likely N-dealkylation sites (tertiary alicyclic amines) is 1. The van der Waals surface area contributed by atoms with E-state index in [1.807, 2.05) is 106 Å². The average Bonchev–Trinajstić information content (AvgIpc) is 3.98. The van der Waals surface area contributed by atoms with Crippen LogP contribution >= 0.6 is 0 Å². The lowest BCUT2D eigenvalue weighted by atomic mass is 9.90. The molecule has 3 heterocycles. The van der Waals surface area contributed by atoms with Gasteiger partial charge in [0.15, 0.2) is 0 Å². The summed E-state index contributed by atoms with van der Waals surface area (Å²) >= 11 is 0. The maximum absolute atomic E-state index is 12.2. The van der Waals surface area contributed by atoms with Gasteiger partial charge >= 0.3 is 5.97 Å². The minimum atomic E-state index is -0.0918. The Morgan fingerprint density at radius 3 is 1.78 bits per heavy atom. The van der Waals surface area contributed by atoms with Crippen LogP contribution in [0.25, 0.3) is 22.9 Å². The molecule has 6 aromatic rings. The van der Waals surface area contributed by atoms with E-state index in [-0.39, 0.29) is 11.9 Å². The van der Waals surface area contributed by atoms with Gasteiger partial charge < -0.3 is 27.9 Å². The Morgan fingerprint density at radius 1 is 0.741 bits per heavy atom. The highest BCUT2D eigenvalue weighted by Gasteiger charge is 2.37. The van der Waals surface area contributed by atoms with Gasteiger partial charge in [-0.15, -0.1) is 0 Å². The van der Waals surface area contributed by atoms with Gasteiger partial charge in [0.25, 0.3) is 0 Å². The Balaban J connectivity index is 0.000000203. The van der Waals surface area contributed by atoms with Gasteiger partial charge in [-0.3, -0.25) is 4.79 Å². The van der Waals surface area contributed by atoms with E-state index in [1.54, 1.807) is 0 Å². The van der Waals surface area contributed by atoms with Crippen LogP contribution in [0.3, 0.4) is 0 Å². The number of benzene rings is 4. The number of oxazole rings is 2. The third kappa shape index (κ3) is 11.6. The second-order valence-corrected chi connectivity index (χ2v) is 14.5. The molecule has 7 rings (SSSR count). The van der Waals surface area contributed by atoms with Crippen LogP contribution in [0.5, 0.6) is 11.5 Å². The first-order chi connectivity index (χ1) is 28.3. The average molecular weight is 782 g/mol. The van der Waals surface area contributed by atoms with Crippen LogP contribution in [-0.2, 0) is 35.6 Å². The van der Waals surface area contributed by atoms with Gasteiger partial charge in [0.1, 0.15) is 47.6 Å². The number of allylic oxidation sites excluding steroid dienone is 2. The van der Waals surface area contributed by atoms with E-state index in [4.69, 9.17) is 23.0 Å². The summed E-state index contributed by atoms with van der Waals surface area (Å²) in [7, 11) is 1.48. The third-order valence-electron chi connectivity index (χ3n) is 10.5. The molecule has 58 heavy (non-hydrogen) atoms. The second-order valence-electron chi connectivity index (χ2n) is 14.5. The number of carbonyl (C=O) groups excluding carboxylic acids is 1. The largest absolute Gasteiger partial charge is 0.487 e. The summed E-state index contributed by atoms with van der Waals surface area (Å²) in [4.78, 5) is 23.7. The SMILES string of the molecule is C/C=C/CCc1cccc(OCc2nc(-c3ccccc3)oc2C)c1.CCN1C[C@@H](CCc2cccc(OCc3nc(-c4ccccc4)oc3C)c2)[C@@H](C(=O)OC)C1. The van der Waals surface area contributed by atoms with Crippen molar-refractivity contribution in [1.82, 2.24) is 14.9 Å². The van der Waals surface area contributed by atoms with Crippen LogP contribution in [0.1, 0.15) is 60.7 Å². The lowest BCUT2D eigenvalue weighted by molar-refractivity contribution is -0.146. The normalized spacial score (nSPS) is 15.3. The molecule has 302 valence electrons. The number of aromatic nitrogens is 2. The first kappa shape index (κ1) is 41.7. The molecular formula is C49H55N3O6. The fourth-order valence-electron chi connectivity index (χ4n) is 7.12. The minimum Gasteiger partial charge on any atom is -0.487 e. The first-order valence-electron chi connectivity index (χ1n) is 20.2. The molecule has 9 heteroatoms. The van der Waals surface area contributed by atoms with Crippen molar-refractivity contribution < 1.29 is 27.8 Å². The molecule has 1 saturated heterocycles. The topological polar surface area (TPSA) is 100 Å². The molecule has 0 unspecified atom stereocenters. The predicted octanol–water partition coefficient (Wildman–Crippen LogP) is 10.6. The summed E-state index contributed by atoms with van der Waals surface area (Å²) in [5.41, 5.74) is 6.03. The van der Waals surface area contributed by atoms with Crippen LogP contribution < -0.4 is 9.47 Å². The highest BCUT2D eigenvalue weighted by Crippen LogP contribution is 2.30. The molecule has 0 radical (unpaired) electrons. The molecule has 1 aliphatic rings. The number of methoxy groups -OCH3 is 1. The summed E-state index contributed by atoms with van der Waals surface area (Å²) in [6, 6.07) is 36.2. The van der Waals surface area contributed by atoms with Gasteiger partial charge in [0.05, 0.1) is 13.0 Å². The molecule has 9 nitrogen and oxygen atoms in total. The van der Waals surface area contributed by atoms with E-state index in [9.17, 15) is 4.79 Å². The monoisotopic (exact) mass is 781 g/mol. The number of hydrogen-bond acceptors (Lipinski definition) is 9. The highest BCUT2D eigenvalue weighted by molar-refractivity contribution is 5.73. The number of nitrogens with zero attached hydrogens (tertiary/aromatic N) is 3. The maximum atomic E-state index is 12.2. The zero-order valence-electron chi connectivity index (χ0n) is 34.4. The van der Waals surface area contributed by atoms with Gasteiger partial charge in [0.2, 0.25) is 11.8 Å². The molecule has 0 saturated carbocycles. The molecular weight excluding hydrogens is 727 g/mol. The first-order valence-corrected chi connectivity index (χ1v) is 20.2. The molecule has 1 aliphatic heterocycles. The summed E-state index contributed by atoms with van der Waals surface area (Å²) < 4.78 is 28.6. The number of rotatable bonds is 16. The summed E-state index contributed by atoms with van der Waals surface area (Å²) in [5.74, 6) is 4.66. The minimum absolute atomic E-state index is 0.0386. The van der Waals surface area contributed by atoms with Crippen molar-refractivity contribution in [3.8, 4) is 34.4 Å². The summed E-state index contributed by atoms with van der Waals surface area (Å²) in [5, 5.41) is 0. The predicted molar refractivity (Wildman–Crippen MR) is 227 cm³/mol. The molecule has 2 atom stereocenters. The standard InChI is InChI=1S/C27H32N2O4.C22H23NO2/c1-4-29-16-22(24(17-29)27(30)31-3)14-13-20-9-8-12-23(15-20)32-18-25-19(2)33-26(28-25)21-10-6-5-7-11-21;1-3-4-6-10-18-11-9-14-20(15-18)24-16-21-17(2)25-22(23-21)19-12-7-5-8-13-19/h5-12,15,22,24H,4,13-14,16-18H2,1-3H3;3-5,7-9,11-15H,6,10,16H2,1-2H3/b;4-3+/t22-,24+;/m1./s1. The zero-order chi connectivity index (χ0) is 40.7. The number of esters is 1. The smallest absolute Gasteiger partial charge is 0.310 e. The Morgan fingerprint density at radius 2 is 1.28 bits per heavy atom. The molecule has 0 amide bonds. The van der Waals surface area contributed by atoms with Crippen LogP contribution in [0, 0.1) is 25.7 Å². The van der Waals surface area contributed by atoms with Crippen molar-refractivity contribution in [1.29, 1.82) is 0 Å². The quantitative estimate of drug-likeness (QED) is 0.0702. The van der Waals surface area contributed by atoms with Crippen LogP contribution in [0.4, 0.5) is 0 Å². The van der Waals surface area contributed by atoms with Crippen molar-refractivity contribution in [2.75, 3.05) is 26.7 Å². The van der Waals surface area contributed by atoms with Gasteiger partial charge in [-0.05, 0) is 119 Å². The van der Waals surface area contributed by atoms with Crippen molar-refractivity contribution in [2.24, 2.45) is 11.8 Å². The van der Waals surface area contributed by atoms with E-state index in [0.29, 0.717) is 30.9 Å².